The number of furan rings is 1. The van der Waals surface area contributed by atoms with Gasteiger partial charge in [0.05, 0.1) is 24.3 Å². The van der Waals surface area contributed by atoms with Gasteiger partial charge in [0.25, 0.3) is 11.8 Å². The third-order valence-electron chi connectivity index (χ3n) is 4.93. The minimum atomic E-state index is -0.937. The summed E-state index contributed by atoms with van der Waals surface area (Å²) in [5.41, 5.74) is 1.37. The number of hydrogen-bond donors (Lipinski definition) is 1. The number of aliphatic hydroxyl groups is 1. The fraction of sp³-hybridized carbons (Fsp3) is 0.280. The number of carbonyl (C=O) groups is 3. The van der Waals surface area contributed by atoms with E-state index < -0.39 is 23.9 Å². The zero-order valence-electron chi connectivity index (χ0n) is 18.8. The quantitative estimate of drug-likeness (QED) is 0.408. The van der Waals surface area contributed by atoms with E-state index >= 15 is 0 Å². The highest BCUT2D eigenvalue weighted by atomic mass is 16.5. The Morgan fingerprint density at radius 3 is 2.39 bits per heavy atom. The number of benzene rings is 1. The molecule has 0 unspecified atom stereocenters. The average Bonchev–Trinajstić information content (AvgIpc) is 3.23. The van der Waals surface area contributed by atoms with Crippen LogP contribution in [-0.2, 0) is 14.3 Å². The molecule has 0 bridgehead atoms. The van der Waals surface area contributed by atoms with Gasteiger partial charge in [0.15, 0.2) is 0 Å². The van der Waals surface area contributed by atoms with E-state index in [2.05, 4.69) is 0 Å². The van der Waals surface area contributed by atoms with Crippen LogP contribution in [0.4, 0.5) is 0 Å². The minimum Gasteiger partial charge on any atom is -0.459 e. The number of nitriles is 1. The lowest BCUT2D eigenvalue weighted by Crippen LogP contribution is -2.45. The molecule has 33 heavy (non-hydrogen) atoms. The Morgan fingerprint density at radius 2 is 1.82 bits per heavy atom. The highest BCUT2D eigenvalue weighted by molar-refractivity contribution is 6.19. The maximum absolute atomic E-state index is 12.9. The summed E-state index contributed by atoms with van der Waals surface area (Å²) < 4.78 is 11.0. The van der Waals surface area contributed by atoms with E-state index in [1.165, 1.54) is 19.9 Å². The van der Waals surface area contributed by atoms with Crippen molar-refractivity contribution in [1.82, 2.24) is 4.90 Å². The van der Waals surface area contributed by atoms with Gasteiger partial charge >= 0.3 is 5.97 Å². The summed E-state index contributed by atoms with van der Waals surface area (Å²) in [5.74, 6) is -0.894. The van der Waals surface area contributed by atoms with Gasteiger partial charge in [-0.3, -0.25) is 14.5 Å². The lowest BCUT2D eigenvalue weighted by molar-refractivity contribution is -0.141. The highest BCUT2D eigenvalue weighted by Gasteiger charge is 2.36. The van der Waals surface area contributed by atoms with Gasteiger partial charge < -0.3 is 14.3 Å². The first-order valence-electron chi connectivity index (χ1n) is 10.4. The third-order valence-corrected chi connectivity index (χ3v) is 4.93. The Hall–Kier alpha value is -3.96. The lowest BCUT2D eigenvalue weighted by Gasteiger charge is -2.28. The first kappa shape index (κ1) is 23.7. The third kappa shape index (κ3) is 5.10. The molecule has 0 aliphatic carbocycles. The Kier molecular flexibility index (Phi) is 6.95. The molecule has 0 saturated heterocycles. The SMILES string of the molecule is CC1=C(C#N)C(=O)N(C[C@H](C)O)C(=O)/C1=C/c1ccc(-c2ccc(C(=O)OC(C)C)cc2)o1. The molecule has 1 atom stereocenters. The molecule has 2 amide bonds. The number of aliphatic hydroxyl groups excluding tert-OH is 1. The van der Waals surface area contributed by atoms with Gasteiger partial charge in [0.2, 0.25) is 0 Å². The molecule has 0 saturated carbocycles. The number of β-amino-alcohol motifs (C(OH)–C–C–N with tert-alkyl or cyclic N) is 1. The predicted octanol–water partition coefficient (Wildman–Crippen LogP) is 3.48. The van der Waals surface area contributed by atoms with Crippen molar-refractivity contribution >= 4 is 23.9 Å². The van der Waals surface area contributed by atoms with Crippen molar-refractivity contribution in [3.63, 3.8) is 0 Å². The Bertz CT molecular complexity index is 1190. The second-order valence-electron chi connectivity index (χ2n) is 7.97. The highest BCUT2D eigenvalue weighted by Crippen LogP contribution is 2.29. The largest absolute Gasteiger partial charge is 0.459 e. The Balaban J connectivity index is 1.91. The van der Waals surface area contributed by atoms with Crippen molar-refractivity contribution in [3.8, 4) is 17.4 Å². The van der Waals surface area contributed by atoms with Crippen LogP contribution >= 0.6 is 0 Å². The van der Waals surface area contributed by atoms with Gasteiger partial charge in [-0.05, 0) is 63.6 Å². The van der Waals surface area contributed by atoms with Crippen molar-refractivity contribution in [1.29, 1.82) is 5.26 Å². The number of imide groups is 1. The molecular weight excluding hydrogens is 424 g/mol. The van der Waals surface area contributed by atoms with Crippen LogP contribution in [0.1, 0.15) is 43.8 Å². The molecule has 1 N–H and O–H groups in total. The zero-order valence-corrected chi connectivity index (χ0v) is 18.8. The molecule has 1 aliphatic rings. The number of carbonyl (C=O) groups excluding carboxylic acids is 3. The van der Waals surface area contributed by atoms with Gasteiger partial charge in [0, 0.05) is 11.1 Å². The van der Waals surface area contributed by atoms with E-state index in [9.17, 15) is 24.8 Å². The van der Waals surface area contributed by atoms with Crippen molar-refractivity contribution in [3.05, 3.63) is 64.4 Å². The normalized spacial score (nSPS) is 16.4. The predicted molar refractivity (Wildman–Crippen MR) is 119 cm³/mol. The Labute approximate surface area is 191 Å². The summed E-state index contributed by atoms with van der Waals surface area (Å²) in [6.07, 6.45) is 0.314. The molecule has 8 nitrogen and oxygen atoms in total. The smallest absolute Gasteiger partial charge is 0.338 e. The molecule has 1 aliphatic heterocycles. The number of nitrogens with zero attached hydrogens (tertiary/aromatic N) is 2. The van der Waals surface area contributed by atoms with Crippen LogP contribution in [0.25, 0.3) is 17.4 Å². The summed E-state index contributed by atoms with van der Waals surface area (Å²) in [6, 6.07) is 11.9. The van der Waals surface area contributed by atoms with E-state index in [0.717, 1.165) is 4.90 Å². The van der Waals surface area contributed by atoms with Crippen LogP contribution in [-0.4, -0.2) is 46.5 Å². The molecule has 1 aromatic heterocycles. The van der Waals surface area contributed by atoms with Crippen LogP contribution in [0.2, 0.25) is 0 Å². The van der Waals surface area contributed by atoms with Gasteiger partial charge in [-0.1, -0.05) is 12.1 Å². The van der Waals surface area contributed by atoms with E-state index in [1.807, 2.05) is 6.07 Å². The molecule has 0 spiro atoms. The van der Waals surface area contributed by atoms with Gasteiger partial charge in [-0.15, -0.1) is 0 Å². The number of esters is 1. The zero-order chi connectivity index (χ0) is 24.3. The van der Waals surface area contributed by atoms with Crippen LogP contribution in [0.5, 0.6) is 0 Å². The molecular formula is C25H24N2O6. The molecule has 0 fully saturated rings. The monoisotopic (exact) mass is 448 g/mol. The van der Waals surface area contributed by atoms with Gasteiger partial charge in [0.1, 0.15) is 23.2 Å². The van der Waals surface area contributed by atoms with Crippen molar-refractivity contribution < 1.29 is 28.6 Å². The topological polar surface area (TPSA) is 121 Å². The van der Waals surface area contributed by atoms with E-state index in [0.29, 0.717) is 22.6 Å². The summed E-state index contributed by atoms with van der Waals surface area (Å²) >= 11 is 0. The first-order chi connectivity index (χ1) is 15.6. The minimum absolute atomic E-state index is 0.138. The van der Waals surface area contributed by atoms with Crippen LogP contribution in [0, 0.1) is 11.3 Å². The maximum Gasteiger partial charge on any atom is 0.338 e. The fourth-order valence-corrected chi connectivity index (χ4v) is 3.34. The molecule has 170 valence electrons. The molecule has 3 rings (SSSR count). The van der Waals surface area contributed by atoms with Gasteiger partial charge in [-0.2, -0.15) is 5.26 Å². The van der Waals surface area contributed by atoms with Crippen molar-refractivity contribution in [2.75, 3.05) is 6.54 Å². The van der Waals surface area contributed by atoms with Crippen molar-refractivity contribution in [2.24, 2.45) is 0 Å². The Morgan fingerprint density at radius 1 is 1.15 bits per heavy atom. The molecule has 1 aromatic carbocycles. The lowest BCUT2D eigenvalue weighted by atomic mass is 9.94. The second-order valence-corrected chi connectivity index (χ2v) is 7.97. The number of rotatable bonds is 6. The summed E-state index contributed by atoms with van der Waals surface area (Å²) in [4.78, 5) is 38.2. The van der Waals surface area contributed by atoms with Gasteiger partial charge in [-0.25, -0.2) is 4.79 Å². The fourth-order valence-electron chi connectivity index (χ4n) is 3.34. The van der Waals surface area contributed by atoms with Crippen LogP contribution in [0.15, 0.2) is 57.5 Å². The number of ether oxygens (including phenoxy) is 1. The second kappa shape index (κ2) is 9.67. The average molecular weight is 448 g/mol. The van der Waals surface area contributed by atoms with E-state index in [-0.39, 0.29) is 29.4 Å². The van der Waals surface area contributed by atoms with E-state index in [4.69, 9.17) is 9.15 Å². The van der Waals surface area contributed by atoms with E-state index in [1.54, 1.807) is 50.2 Å². The summed E-state index contributed by atoms with van der Waals surface area (Å²) in [7, 11) is 0. The van der Waals surface area contributed by atoms with Crippen LogP contribution < -0.4 is 0 Å². The number of amides is 2. The molecule has 2 heterocycles. The van der Waals surface area contributed by atoms with Crippen LogP contribution in [0.3, 0.4) is 0 Å². The maximum atomic E-state index is 12.9. The standard InChI is InChI=1S/C25H24N2O6/c1-14(2)32-25(31)18-7-5-17(6-8-18)22-10-9-19(33-22)11-20-16(4)21(12-26)24(30)27(23(20)29)13-15(3)28/h5-11,14-15,28H,13H2,1-4H3/b20-11+/t15-/m0/s1. The summed E-state index contributed by atoms with van der Waals surface area (Å²) in [6.45, 7) is 6.31. The number of hydrogen-bond acceptors (Lipinski definition) is 7. The molecule has 2 aromatic rings. The summed E-state index contributed by atoms with van der Waals surface area (Å²) in [5, 5.41) is 19.1. The van der Waals surface area contributed by atoms with Crippen molar-refractivity contribution in [2.45, 2.75) is 39.9 Å². The molecule has 0 radical (unpaired) electrons. The first-order valence-corrected chi connectivity index (χ1v) is 10.4. The molecule has 8 heteroatoms.